The Labute approximate surface area is 554 Å². The Balaban J connectivity index is 4.52. The van der Waals surface area contributed by atoms with Crippen LogP contribution in [0.1, 0.15) is 329 Å². The molecule has 0 bridgehead atoms. The second kappa shape index (κ2) is 67.2. The molecule has 0 saturated heterocycles. The van der Waals surface area contributed by atoms with Crippen molar-refractivity contribution in [3.05, 3.63) is 60.8 Å². The van der Waals surface area contributed by atoms with Crippen LogP contribution in [-0.4, -0.2) is 95.9 Å². The number of phosphoric ester groups is 2. The third kappa shape index (κ3) is 68.4. The molecule has 18 heteroatoms. The number of unbranched alkanes of at least 4 members (excludes halogenated alkanes) is 37. The van der Waals surface area contributed by atoms with Crippen molar-refractivity contribution in [2.24, 2.45) is 0 Å². The van der Waals surface area contributed by atoms with E-state index in [1.54, 1.807) is 0 Å². The van der Waals surface area contributed by atoms with Gasteiger partial charge in [-0.15, -0.1) is 0 Å². The fourth-order valence-electron chi connectivity index (χ4n) is 10.2. The number of hydrogen-bond acceptors (Lipinski definition) is 14. The van der Waals surface area contributed by atoms with E-state index in [-0.39, 0.29) is 19.3 Å². The second-order valence-electron chi connectivity index (χ2n) is 24.7. The van der Waals surface area contributed by atoms with Gasteiger partial charge in [0, 0.05) is 19.3 Å². The maximum absolute atomic E-state index is 12.9. The molecule has 16 nitrogen and oxygen atoms in total. The zero-order valence-electron chi connectivity index (χ0n) is 57.8. The molecule has 0 fully saturated rings. The molecule has 0 saturated carbocycles. The minimum Gasteiger partial charge on any atom is -0.463 e. The zero-order chi connectivity index (χ0) is 66.7. The van der Waals surface area contributed by atoms with E-state index in [2.05, 4.69) is 81.5 Å². The molecule has 5 atom stereocenters. The normalized spacial score (nSPS) is 14.5. The Hall–Kier alpha value is -2.75. The van der Waals surface area contributed by atoms with Crippen LogP contribution in [0.4, 0.5) is 0 Å². The third-order valence-electron chi connectivity index (χ3n) is 15.8. The van der Waals surface area contributed by atoms with Crippen LogP contribution in [0.5, 0.6) is 0 Å². The first-order valence-electron chi connectivity index (χ1n) is 36.6. The van der Waals surface area contributed by atoms with E-state index in [4.69, 9.17) is 32.3 Å². The summed E-state index contributed by atoms with van der Waals surface area (Å²) < 4.78 is 61.0. The van der Waals surface area contributed by atoms with Gasteiger partial charge >= 0.3 is 33.6 Å². The van der Waals surface area contributed by atoms with Crippen LogP contribution >= 0.6 is 15.6 Å². The molecular weight excluding hydrogens is 1190 g/mol. The van der Waals surface area contributed by atoms with Crippen LogP contribution in [0.2, 0.25) is 0 Å². The zero-order valence-corrected chi connectivity index (χ0v) is 59.6. The highest BCUT2D eigenvalue weighted by molar-refractivity contribution is 7.47. The molecule has 0 amide bonds. The maximum Gasteiger partial charge on any atom is 0.472 e. The summed E-state index contributed by atoms with van der Waals surface area (Å²) in [6.45, 7) is 2.62. The summed E-state index contributed by atoms with van der Waals surface area (Å²) in [6.07, 6.45) is 69.8. The largest absolute Gasteiger partial charge is 0.472 e. The fraction of sp³-hybridized carbons (Fsp3) is 0.822. The lowest BCUT2D eigenvalue weighted by atomic mass is 10.0. The van der Waals surface area contributed by atoms with E-state index in [1.807, 2.05) is 0 Å². The highest BCUT2D eigenvalue weighted by Crippen LogP contribution is 2.45. The van der Waals surface area contributed by atoms with E-state index >= 15 is 0 Å². The Bertz CT molecular complexity index is 1910. The minimum absolute atomic E-state index is 0.113. The van der Waals surface area contributed by atoms with Crippen molar-refractivity contribution in [3.63, 3.8) is 0 Å². The van der Waals surface area contributed by atoms with Crippen LogP contribution in [0, 0.1) is 0 Å². The molecule has 0 aliphatic carbocycles. The molecule has 0 aliphatic rings. The summed E-state index contributed by atoms with van der Waals surface area (Å²) in [5.41, 5.74) is 0. The molecular formula is C73H134O16P2. The maximum atomic E-state index is 12.9. The number of esters is 3. The quantitative estimate of drug-likeness (QED) is 0.0146. The van der Waals surface area contributed by atoms with Gasteiger partial charge in [0.05, 0.1) is 26.4 Å². The summed E-state index contributed by atoms with van der Waals surface area (Å²) >= 11 is 0. The summed E-state index contributed by atoms with van der Waals surface area (Å²) in [6, 6.07) is 0. The number of aliphatic hydroxyl groups is 2. The van der Waals surface area contributed by atoms with Crippen LogP contribution in [-0.2, 0) is 55.8 Å². The molecule has 0 aromatic heterocycles. The first kappa shape index (κ1) is 88.2. The van der Waals surface area contributed by atoms with E-state index in [9.17, 15) is 43.5 Å². The average molecular weight is 1330 g/mol. The monoisotopic (exact) mass is 1330 g/mol. The van der Waals surface area contributed by atoms with Crippen molar-refractivity contribution in [3.8, 4) is 0 Å². The minimum atomic E-state index is -4.92. The van der Waals surface area contributed by atoms with Gasteiger partial charge in [0.1, 0.15) is 25.4 Å². The molecule has 0 aromatic rings. The van der Waals surface area contributed by atoms with Crippen molar-refractivity contribution < 1.29 is 75.8 Å². The summed E-state index contributed by atoms with van der Waals surface area (Å²) in [4.78, 5) is 58.5. The lowest BCUT2D eigenvalue weighted by Crippen LogP contribution is -2.30. The highest BCUT2D eigenvalue weighted by atomic mass is 31.2. The van der Waals surface area contributed by atoms with Crippen molar-refractivity contribution in [2.75, 3.05) is 39.6 Å². The first-order chi connectivity index (χ1) is 44.2. The van der Waals surface area contributed by atoms with Gasteiger partial charge < -0.3 is 34.2 Å². The van der Waals surface area contributed by atoms with Crippen LogP contribution < -0.4 is 0 Å². The van der Waals surface area contributed by atoms with E-state index in [1.165, 1.54) is 161 Å². The number of carbonyl (C=O) groups is 3. The topological polar surface area (TPSA) is 231 Å². The number of aliphatic hydroxyl groups excluding tert-OH is 2. The number of phosphoric acid groups is 2. The van der Waals surface area contributed by atoms with Gasteiger partial charge in [-0.3, -0.25) is 32.5 Å². The molecule has 0 radical (unpaired) electrons. The highest BCUT2D eigenvalue weighted by Gasteiger charge is 2.29. The predicted octanol–water partition coefficient (Wildman–Crippen LogP) is 20.5. The third-order valence-corrected chi connectivity index (χ3v) is 17.7. The van der Waals surface area contributed by atoms with Gasteiger partial charge in [-0.05, 0) is 64.2 Å². The lowest BCUT2D eigenvalue weighted by Gasteiger charge is -2.21. The molecule has 0 rings (SSSR count). The Kier molecular flexibility index (Phi) is 65.2. The Morgan fingerprint density at radius 3 is 0.923 bits per heavy atom. The van der Waals surface area contributed by atoms with Gasteiger partial charge in [-0.25, -0.2) is 9.13 Å². The Morgan fingerprint density at radius 2 is 0.582 bits per heavy atom. The lowest BCUT2D eigenvalue weighted by molar-refractivity contribution is -0.161. The number of hydrogen-bond donors (Lipinski definition) is 4. The van der Waals surface area contributed by atoms with Crippen molar-refractivity contribution >= 4 is 33.6 Å². The number of ether oxygens (including phenoxy) is 3. The first-order valence-corrected chi connectivity index (χ1v) is 39.6. The van der Waals surface area contributed by atoms with Gasteiger partial charge in [-0.1, -0.05) is 306 Å². The smallest absolute Gasteiger partial charge is 0.463 e. The molecule has 91 heavy (non-hydrogen) atoms. The van der Waals surface area contributed by atoms with E-state index < -0.39 is 91.5 Å². The standard InChI is InChI=1S/C73H134O16P2/c1-4-7-10-13-16-19-22-25-28-29-30-31-32-33-34-35-36-37-40-42-44-47-50-53-56-59-71(76)83-62-68(74)63-85-90(79,80)86-64-69(75)65-87-91(81,82)88-67-70(89-73(78)61-58-55-52-49-46-43-39-27-24-21-18-15-12-9-6-3)66-84-72(77)60-57-54-51-48-45-41-38-26-23-20-17-14-11-8-5-2/h7,10,16,19,25,28,30-31,33-34,68-70,74-75H,4-6,8-9,11-15,17-18,20-24,26-27,29,32,35-67H2,1-3H3,(H,79,80)(H,81,82)/b10-7-,19-16-,28-25-,31-30-,34-33-. The van der Waals surface area contributed by atoms with Crippen LogP contribution in [0.25, 0.3) is 0 Å². The van der Waals surface area contributed by atoms with Crippen LogP contribution in [0.3, 0.4) is 0 Å². The van der Waals surface area contributed by atoms with Gasteiger partial charge in [0.25, 0.3) is 0 Å². The molecule has 4 N–H and O–H groups in total. The summed E-state index contributed by atoms with van der Waals surface area (Å²) in [5, 5.41) is 20.6. The molecule has 0 aromatic carbocycles. The number of carbonyl (C=O) groups excluding carboxylic acids is 3. The molecule has 0 heterocycles. The molecule has 0 spiro atoms. The van der Waals surface area contributed by atoms with Gasteiger partial charge in [-0.2, -0.15) is 0 Å². The average Bonchev–Trinajstić information content (AvgIpc) is 3.08. The van der Waals surface area contributed by atoms with E-state index in [0.29, 0.717) is 19.3 Å². The van der Waals surface area contributed by atoms with E-state index in [0.717, 1.165) is 109 Å². The molecule has 5 unspecified atom stereocenters. The van der Waals surface area contributed by atoms with Crippen molar-refractivity contribution in [1.82, 2.24) is 0 Å². The molecule has 532 valence electrons. The van der Waals surface area contributed by atoms with Crippen molar-refractivity contribution in [1.29, 1.82) is 0 Å². The second-order valence-corrected chi connectivity index (χ2v) is 27.6. The van der Waals surface area contributed by atoms with Crippen LogP contribution in [0.15, 0.2) is 60.8 Å². The fourth-order valence-corrected chi connectivity index (χ4v) is 11.8. The predicted molar refractivity (Wildman–Crippen MR) is 372 cm³/mol. The SMILES string of the molecule is CC/C=C\C/C=C\C/C=C\C/C=C\C/C=C\CCCCCCCCCCCC(=O)OCC(O)COP(=O)(O)OCC(O)COP(=O)(O)OCC(COC(=O)CCCCCCCCCCCCCCCCC)OC(=O)CCCCCCCCCCCCCCCCC. The number of rotatable bonds is 70. The molecule has 0 aliphatic heterocycles. The van der Waals surface area contributed by atoms with Gasteiger partial charge in [0.15, 0.2) is 6.10 Å². The Morgan fingerprint density at radius 1 is 0.319 bits per heavy atom. The van der Waals surface area contributed by atoms with Gasteiger partial charge in [0.2, 0.25) is 0 Å². The van der Waals surface area contributed by atoms with Crippen molar-refractivity contribution in [2.45, 2.75) is 347 Å². The number of allylic oxidation sites excluding steroid dienone is 10. The summed E-state index contributed by atoms with van der Waals surface area (Å²) in [5.74, 6) is -1.56. The summed E-state index contributed by atoms with van der Waals surface area (Å²) in [7, 11) is -9.76.